The molecule has 162 valence electrons. The van der Waals surface area contributed by atoms with Gasteiger partial charge in [0.1, 0.15) is 11.5 Å². The van der Waals surface area contributed by atoms with Crippen molar-refractivity contribution >= 4 is 22.8 Å². The van der Waals surface area contributed by atoms with E-state index < -0.39 is 17.7 Å². The second-order valence-electron chi connectivity index (χ2n) is 8.53. The molecule has 3 aromatic rings. The maximum Gasteiger partial charge on any atom is 0.308 e. The molecule has 0 aliphatic heterocycles. The third-order valence-electron chi connectivity index (χ3n) is 6.90. The molecule has 3 aliphatic rings. The van der Waals surface area contributed by atoms with E-state index in [-0.39, 0.29) is 29.3 Å². The molecule has 9 heteroatoms. The number of H-pyrrole nitrogens is 1. The molecule has 3 N–H and O–H groups in total. The summed E-state index contributed by atoms with van der Waals surface area (Å²) < 4.78 is 15.3. The summed E-state index contributed by atoms with van der Waals surface area (Å²) in [6.07, 6.45) is 8.22. The summed E-state index contributed by atoms with van der Waals surface area (Å²) in [7, 11) is 0. The number of hydrogen-bond acceptors (Lipinski definition) is 5. The first-order chi connectivity index (χ1) is 15.0. The standard InChI is InChI=1S/C22H24FN5O3/c1-2-28-10-16(15-9-25-19-14(15)7-13(23)8-24-19)26-20(21(28)29)27-18-12-5-3-11(4-6-12)17(18)22(30)31/h7-12,17-18H,2-6H2,1H3,(H,24,25)(H,26,27)(H,30,31)/t11?,12?,17-,18-/m0/s1. The molecule has 31 heavy (non-hydrogen) atoms. The minimum Gasteiger partial charge on any atom is -0.481 e. The molecule has 0 saturated heterocycles. The van der Waals surface area contributed by atoms with Gasteiger partial charge >= 0.3 is 5.97 Å². The summed E-state index contributed by atoms with van der Waals surface area (Å²) in [4.78, 5) is 36.6. The number of hydrogen-bond donors (Lipinski definition) is 3. The Labute approximate surface area is 177 Å². The van der Waals surface area contributed by atoms with Crippen molar-refractivity contribution < 1.29 is 14.3 Å². The lowest BCUT2D eigenvalue weighted by Crippen LogP contribution is -2.52. The van der Waals surface area contributed by atoms with Gasteiger partial charge < -0.3 is 20.0 Å². The van der Waals surface area contributed by atoms with E-state index in [0.29, 0.717) is 28.8 Å². The van der Waals surface area contributed by atoms with Crippen LogP contribution in [0.1, 0.15) is 32.6 Å². The highest BCUT2D eigenvalue weighted by molar-refractivity contribution is 5.92. The minimum atomic E-state index is -0.822. The quantitative estimate of drug-likeness (QED) is 0.578. The largest absolute Gasteiger partial charge is 0.481 e. The molecular formula is C22H24FN5O3. The summed E-state index contributed by atoms with van der Waals surface area (Å²) in [5, 5.41) is 13.6. The Morgan fingerprint density at radius 2 is 2.06 bits per heavy atom. The molecule has 6 rings (SSSR count). The summed E-state index contributed by atoms with van der Waals surface area (Å²) in [5.74, 6) is -1.34. The molecule has 0 aromatic carbocycles. The smallest absolute Gasteiger partial charge is 0.308 e. The van der Waals surface area contributed by atoms with Crippen LogP contribution in [0.3, 0.4) is 0 Å². The third-order valence-corrected chi connectivity index (χ3v) is 6.90. The lowest BCUT2D eigenvalue weighted by Gasteiger charge is -2.47. The van der Waals surface area contributed by atoms with Crippen molar-refractivity contribution in [3.8, 4) is 11.3 Å². The van der Waals surface area contributed by atoms with Crippen LogP contribution in [-0.4, -0.2) is 36.6 Å². The normalized spacial score (nSPS) is 25.1. The molecule has 2 atom stereocenters. The molecular weight excluding hydrogens is 401 g/mol. The topological polar surface area (TPSA) is 113 Å². The van der Waals surface area contributed by atoms with E-state index in [0.717, 1.165) is 31.9 Å². The zero-order chi connectivity index (χ0) is 21.7. The monoisotopic (exact) mass is 425 g/mol. The molecule has 8 nitrogen and oxygen atoms in total. The predicted molar refractivity (Wildman–Crippen MR) is 113 cm³/mol. The van der Waals surface area contributed by atoms with Crippen LogP contribution in [0.4, 0.5) is 10.2 Å². The van der Waals surface area contributed by atoms with Gasteiger partial charge in [-0.2, -0.15) is 0 Å². The van der Waals surface area contributed by atoms with E-state index in [1.54, 1.807) is 12.4 Å². The first-order valence-electron chi connectivity index (χ1n) is 10.7. The van der Waals surface area contributed by atoms with E-state index in [1.807, 2.05) is 6.92 Å². The Morgan fingerprint density at radius 3 is 2.77 bits per heavy atom. The van der Waals surface area contributed by atoms with E-state index in [9.17, 15) is 19.1 Å². The molecule has 3 aliphatic carbocycles. The molecule has 0 spiro atoms. The molecule has 2 bridgehead atoms. The van der Waals surface area contributed by atoms with Gasteiger partial charge in [-0.15, -0.1) is 0 Å². The Kier molecular flexibility index (Phi) is 4.75. The number of halogens is 1. The number of pyridine rings is 1. The number of nitrogens with one attached hydrogen (secondary N) is 2. The van der Waals surface area contributed by atoms with Gasteiger partial charge in [-0.05, 0) is 50.5 Å². The van der Waals surface area contributed by atoms with E-state index in [2.05, 4.69) is 20.3 Å². The van der Waals surface area contributed by atoms with Gasteiger partial charge in [0.05, 0.1) is 17.8 Å². The van der Waals surface area contributed by atoms with Crippen molar-refractivity contribution in [3.05, 3.63) is 40.8 Å². The number of rotatable bonds is 5. The fourth-order valence-electron chi connectivity index (χ4n) is 5.36. The SMILES string of the molecule is CCn1cc(-c2c[nH]c3ncc(F)cc23)nc(N[C@H]2C3CCC(CC3)[C@@H]2C(=O)O)c1=O. The van der Waals surface area contributed by atoms with E-state index in [4.69, 9.17) is 0 Å². The van der Waals surface area contributed by atoms with Crippen LogP contribution in [-0.2, 0) is 11.3 Å². The average molecular weight is 425 g/mol. The number of nitrogens with zero attached hydrogens (tertiary/aromatic N) is 3. The van der Waals surface area contributed by atoms with Gasteiger partial charge in [-0.1, -0.05) is 0 Å². The van der Waals surface area contributed by atoms with Gasteiger partial charge in [0, 0.05) is 35.9 Å². The number of anilines is 1. The number of aliphatic carboxylic acids is 1. The van der Waals surface area contributed by atoms with Crippen LogP contribution < -0.4 is 10.9 Å². The molecule has 3 saturated carbocycles. The number of carboxylic acid groups (broad SMARTS) is 1. The first kappa shape index (κ1) is 19.7. The summed E-state index contributed by atoms with van der Waals surface area (Å²) in [5.41, 5.74) is 1.36. The van der Waals surface area contributed by atoms with Crippen molar-refractivity contribution in [2.75, 3.05) is 5.32 Å². The van der Waals surface area contributed by atoms with Crippen molar-refractivity contribution in [2.24, 2.45) is 17.8 Å². The highest BCUT2D eigenvalue weighted by Gasteiger charge is 2.47. The van der Waals surface area contributed by atoms with Crippen molar-refractivity contribution in [2.45, 2.75) is 45.2 Å². The van der Waals surface area contributed by atoms with Gasteiger partial charge in [0.15, 0.2) is 5.82 Å². The maximum atomic E-state index is 13.8. The number of fused-ring (bicyclic) bond motifs is 4. The third kappa shape index (κ3) is 3.28. The summed E-state index contributed by atoms with van der Waals surface area (Å²) >= 11 is 0. The first-order valence-corrected chi connectivity index (χ1v) is 10.7. The summed E-state index contributed by atoms with van der Waals surface area (Å²) in [6.45, 7) is 2.28. The Bertz CT molecular complexity index is 1210. The fourth-order valence-corrected chi connectivity index (χ4v) is 5.36. The molecule has 3 aromatic heterocycles. The number of carbonyl (C=O) groups is 1. The van der Waals surface area contributed by atoms with Gasteiger partial charge in [-0.25, -0.2) is 14.4 Å². The predicted octanol–water partition coefficient (Wildman–Crippen LogP) is 3.25. The van der Waals surface area contributed by atoms with Crippen LogP contribution in [0.2, 0.25) is 0 Å². The summed E-state index contributed by atoms with van der Waals surface area (Å²) in [6, 6.07) is 1.05. The zero-order valence-electron chi connectivity index (χ0n) is 17.1. The van der Waals surface area contributed by atoms with Crippen LogP contribution in [0.5, 0.6) is 0 Å². The van der Waals surface area contributed by atoms with Crippen molar-refractivity contribution in [3.63, 3.8) is 0 Å². The number of aromatic nitrogens is 4. The van der Waals surface area contributed by atoms with Crippen molar-refractivity contribution in [1.82, 2.24) is 19.5 Å². The lowest BCUT2D eigenvalue weighted by atomic mass is 9.61. The molecule has 0 radical (unpaired) electrons. The lowest BCUT2D eigenvalue weighted by molar-refractivity contribution is -0.148. The van der Waals surface area contributed by atoms with Gasteiger partial charge in [-0.3, -0.25) is 9.59 Å². The number of carboxylic acids is 1. The second kappa shape index (κ2) is 7.47. The zero-order valence-corrected chi connectivity index (χ0v) is 17.1. The number of aromatic amines is 1. The van der Waals surface area contributed by atoms with Gasteiger partial charge in [0.25, 0.3) is 5.56 Å². The Hall–Kier alpha value is -3.23. The highest BCUT2D eigenvalue weighted by atomic mass is 19.1. The van der Waals surface area contributed by atoms with Crippen LogP contribution in [0.15, 0.2) is 29.5 Å². The number of aryl methyl sites for hydroxylation is 1. The highest BCUT2D eigenvalue weighted by Crippen LogP contribution is 2.46. The molecule has 3 fully saturated rings. The van der Waals surface area contributed by atoms with E-state index >= 15 is 0 Å². The van der Waals surface area contributed by atoms with E-state index in [1.165, 1.54) is 10.6 Å². The Morgan fingerprint density at radius 1 is 1.32 bits per heavy atom. The molecule has 3 heterocycles. The second-order valence-corrected chi connectivity index (χ2v) is 8.53. The van der Waals surface area contributed by atoms with Crippen LogP contribution in [0.25, 0.3) is 22.3 Å². The fraction of sp³-hybridized carbons (Fsp3) is 0.455. The van der Waals surface area contributed by atoms with Crippen LogP contribution >= 0.6 is 0 Å². The molecule has 0 unspecified atom stereocenters. The average Bonchev–Trinajstić information content (AvgIpc) is 3.18. The Balaban J connectivity index is 1.58. The maximum absolute atomic E-state index is 13.8. The van der Waals surface area contributed by atoms with Crippen molar-refractivity contribution in [1.29, 1.82) is 0 Å². The van der Waals surface area contributed by atoms with Gasteiger partial charge in [0.2, 0.25) is 0 Å². The minimum absolute atomic E-state index is 0.124. The van der Waals surface area contributed by atoms with Crippen LogP contribution in [0, 0.1) is 23.6 Å². The molecule has 0 amide bonds.